The van der Waals surface area contributed by atoms with Gasteiger partial charge in [-0.2, -0.15) is 5.10 Å². The van der Waals surface area contributed by atoms with E-state index in [1.807, 2.05) is 35.5 Å². The van der Waals surface area contributed by atoms with Crippen LogP contribution < -0.4 is 5.01 Å². The van der Waals surface area contributed by atoms with Crippen molar-refractivity contribution in [2.45, 2.75) is 6.42 Å². The first kappa shape index (κ1) is 7.55. The molecule has 2 aromatic rings. The number of rotatable bonds is 1. The number of aromatic nitrogens is 2. The monoisotopic (exact) mass is 186 g/mol. The SMILES string of the molecule is C1=NN(c2nc3ccccc3[nH]2)CC1. The van der Waals surface area contributed by atoms with Gasteiger partial charge in [-0.3, -0.25) is 0 Å². The quantitative estimate of drug-likeness (QED) is 0.737. The van der Waals surface area contributed by atoms with Gasteiger partial charge in [0.15, 0.2) is 0 Å². The number of aromatic amines is 1. The molecule has 0 fully saturated rings. The summed E-state index contributed by atoms with van der Waals surface area (Å²) in [6, 6.07) is 8.00. The minimum Gasteiger partial charge on any atom is -0.323 e. The van der Waals surface area contributed by atoms with Crippen molar-refractivity contribution in [2.24, 2.45) is 5.10 Å². The zero-order chi connectivity index (χ0) is 9.38. The van der Waals surface area contributed by atoms with Gasteiger partial charge in [0.25, 0.3) is 0 Å². The Bertz CT molecular complexity index is 453. The van der Waals surface area contributed by atoms with Gasteiger partial charge in [-0.05, 0) is 12.1 Å². The predicted molar refractivity (Wildman–Crippen MR) is 56.5 cm³/mol. The molecule has 0 amide bonds. The molecule has 0 saturated heterocycles. The summed E-state index contributed by atoms with van der Waals surface area (Å²) >= 11 is 0. The molecule has 1 aromatic carbocycles. The Kier molecular flexibility index (Phi) is 1.53. The Labute approximate surface area is 81.3 Å². The third kappa shape index (κ3) is 1.08. The van der Waals surface area contributed by atoms with Crippen molar-refractivity contribution in [2.75, 3.05) is 11.6 Å². The summed E-state index contributed by atoms with van der Waals surface area (Å²) in [6.07, 6.45) is 2.91. The average molecular weight is 186 g/mol. The summed E-state index contributed by atoms with van der Waals surface area (Å²) in [5.41, 5.74) is 2.05. The molecular weight excluding hydrogens is 176 g/mol. The Morgan fingerprint density at radius 2 is 2.21 bits per heavy atom. The van der Waals surface area contributed by atoms with Gasteiger partial charge in [0.1, 0.15) is 0 Å². The van der Waals surface area contributed by atoms with E-state index >= 15 is 0 Å². The Balaban J connectivity index is 2.09. The molecule has 0 radical (unpaired) electrons. The molecule has 0 spiro atoms. The number of benzene rings is 1. The number of nitrogens with zero attached hydrogens (tertiary/aromatic N) is 3. The molecular formula is C10H10N4. The maximum absolute atomic E-state index is 4.45. The van der Waals surface area contributed by atoms with Crippen molar-refractivity contribution in [1.82, 2.24) is 9.97 Å². The maximum atomic E-state index is 4.45. The topological polar surface area (TPSA) is 44.3 Å². The van der Waals surface area contributed by atoms with Crippen LogP contribution in [0.1, 0.15) is 6.42 Å². The fourth-order valence-corrected chi connectivity index (χ4v) is 1.62. The maximum Gasteiger partial charge on any atom is 0.224 e. The molecule has 14 heavy (non-hydrogen) atoms. The first-order valence-electron chi connectivity index (χ1n) is 4.68. The van der Waals surface area contributed by atoms with Crippen LogP contribution in [-0.4, -0.2) is 22.7 Å². The molecule has 0 aliphatic carbocycles. The highest BCUT2D eigenvalue weighted by Gasteiger charge is 2.12. The highest BCUT2D eigenvalue weighted by Crippen LogP contribution is 2.18. The Hall–Kier alpha value is -1.84. The summed E-state index contributed by atoms with van der Waals surface area (Å²) in [6.45, 7) is 0.916. The van der Waals surface area contributed by atoms with Gasteiger partial charge in [0.05, 0.1) is 11.0 Å². The summed E-state index contributed by atoms with van der Waals surface area (Å²) in [5, 5.41) is 6.10. The van der Waals surface area contributed by atoms with Crippen LogP contribution in [0.2, 0.25) is 0 Å². The molecule has 4 nitrogen and oxygen atoms in total. The second-order valence-electron chi connectivity index (χ2n) is 3.29. The molecule has 3 rings (SSSR count). The zero-order valence-corrected chi connectivity index (χ0v) is 7.64. The van der Waals surface area contributed by atoms with Crippen LogP contribution in [0.3, 0.4) is 0 Å². The van der Waals surface area contributed by atoms with Crippen molar-refractivity contribution >= 4 is 23.2 Å². The van der Waals surface area contributed by atoms with E-state index in [0.29, 0.717) is 0 Å². The second kappa shape index (κ2) is 2.83. The van der Waals surface area contributed by atoms with Crippen LogP contribution in [0, 0.1) is 0 Å². The summed E-state index contributed by atoms with van der Waals surface area (Å²) in [4.78, 5) is 7.69. The van der Waals surface area contributed by atoms with Gasteiger partial charge in [0.2, 0.25) is 5.95 Å². The van der Waals surface area contributed by atoms with Crippen molar-refractivity contribution in [1.29, 1.82) is 0 Å². The zero-order valence-electron chi connectivity index (χ0n) is 7.64. The average Bonchev–Trinajstić information content (AvgIpc) is 2.86. The number of anilines is 1. The van der Waals surface area contributed by atoms with Gasteiger partial charge in [0, 0.05) is 19.2 Å². The van der Waals surface area contributed by atoms with Crippen LogP contribution >= 0.6 is 0 Å². The van der Waals surface area contributed by atoms with E-state index in [2.05, 4.69) is 15.1 Å². The van der Waals surface area contributed by atoms with Gasteiger partial charge >= 0.3 is 0 Å². The lowest BCUT2D eigenvalue weighted by atomic mass is 10.3. The summed E-state index contributed by atoms with van der Waals surface area (Å²) in [5.74, 6) is 0.833. The second-order valence-corrected chi connectivity index (χ2v) is 3.29. The number of imidazole rings is 1. The van der Waals surface area contributed by atoms with E-state index in [9.17, 15) is 0 Å². The fourth-order valence-electron chi connectivity index (χ4n) is 1.62. The molecule has 2 heterocycles. The van der Waals surface area contributed by atoms with Gasteiger partial charge in [-0.25, -0.2) is 9.99 Å². The van der Waals surface area contributed by atoms with Crippen LogP contribution in [0.15, 0.2) is 29.4 Å². The highest BCUT2D eigenvalue weighted by atomic mass is 15.5. The lowest BCUT2D eigenvalue weighted by Gasteiger charge is -2.07. The largest absolute Gasteiger partial charge is 0.323 e. The number of H-pyrrole nitrogens is 1. The van der Waals surface area contributed by atoms with Crippen molar-refractivity contribution in [3.63, 3.8) is 0 Å². The minimum absolute atomic E-state index is 0.833. The number of hydrogen-bond acceptors (Lipinski definition) is 3. The predicted octanol–water partition coefficient (Wildman–Crippen LogP) is 1.76. The van der Waals surface area contributed by atoms with Gasteiger partial charge < -0.3 is 4.98 Å². The van der Waals surface area contributed by atoms with Gasteiger partial charge in [-0.15, -0.1) is 0 Å². The molecule has 1 N–H and O–H groups in total. The van der Waals surface area contributed by atoms with Crippen LogP contribution in [0.25, 0.3) is 11.0 Å². The smallest absolute Gasteiger partial charge is 0.224 e. The molecule has 0 unspecified atom stereocenters. The summed E-state index contributed by atoms with van der Waals surface area (Å²) < 4.78 is 0. The van der Waals surface area contributed by atoms with Crippen molar-refractivity contribution in [3.8, 4) is 0 Å². The third-order valence-electron chi connectivity index (χ3n) is 2.31. The van der Waals surface area contributed by atoms with E-state index in [-0.39, 0.29) is 0 Å². The number of nitrogens with one attached hydrogen (secondary N) is 1. The first-order chi connectivity index (χ1) is 6.93. The minimum atomic E-state index is 0.833. The van der Waals surface area contributed by atoms with E-state index < -0.39 is 0 Å². The first-order valence-corrected chi connectivity index (χ1v) is 4.68. The molecule has 1 aliphatic heterocycles. The summed E-state index contributed by atoms with van der Waals surface area (Å²) in [7, 11) is 0. The highest BCUT2D eigenvalue weighted by molar-refractivity contribution is 5.78. The normalized spacial score (nSPS) is 15.6. The van der Waals surface area contributed by atoms with Gasteiger partial charge in [-0.1, -0.05) is 12.1 Å². The Morgan fingerprint density at radius 3 is 3.00 bits per heavy atom. The lowest BCUT2D eigenvalue weighted by molar-refractivity contribution is 0.883. The van der Waals surface area contributed by atoms with Crippen molar-refractivity contribution in [3.05, 3.63) is 24.3 Å². The molecule has 0 saturated carbocycles. The molecule has 4 heteroatoms. The molecule has 0 atom stereocenters. The number of fused-ring (bicyclic) bond motifs is 1. The van der Waals surface area contributed by atoms with E-state index in [4.69, 9.17) is 0 Å². The van der Waals surface area contributed by atoms with E-state index in [0.717, 1.165) is 29.9 Å². The number of hydrogen-bond donors (Lipinski definition) is 1. The Morgan fingerprint density at radius 1 is 1.29 bits per heavy atom. The fraction of sp³-hybridized carbons (Fsp3) is 0.200. The number of para-hydroxylation sites is 2. The van der Waals surface area contributed by atoms with Crippen LogP contribution in [0.5, 0.6) is 0 Å². The van der Waals surface area contributed by atoms with E-state index in [1.54, 1.807) is 0 Å². The van der Waals surface area contributed by atoms with Crippen molar-refractivity contribution < 1.29 is 0 Å². The van der Waals surface area contributed by atoms with Crippen LogP contribution in [-0.2, 0) is 0 Å². The lowest BCUT2D eigenvalue weighted by Crippen LogP contribution is -2.13. The van der Waals surface area contributed by atoms with E-state index in [1.165, 1.54) is 0 Å². The van der Waals surface area contributed by atoms with Crippen LogP contribution in [0.4, 0.5) is 5.95 Å². The molecule has 70 valence electrons. The standard InChI is InChI=1S/C10H10N4/c1-2-5-9-8(4-1)12-10(13-9)14-7-3-6-11-14/h1-2,4-6H,3,7H2,(H,12,13). The molecule has 1 aromatic heterocycles. The molecule has 1 aliphatic rings. The third-order valence-corrected chi connectivity index (χ3v) is 2.31. The number of hydrazone groups is 1. The molecule has 0 bridgehead atoms.